The third-order valence-corrected chi connectivity index (χ3v) is 2.26. The molecule has 0 saturated heterocycles. The van der Waals surface area contributed by atoms with E-state index in [2.05, 4.69) is 4.74 Å². The summed E-state index contributed by atoms with van der Waals surface area (Å²) in [5, 5.41) is 0. The van der Waals surface area contributed by atoms with Crippen molar-refractivity contribution in [2.45, 2.75) is 26.1 Å². The third kappa shape index (κ3) is 3.61. The van der Waals surface area contributed by atoms with Gasteiger partial charge >= 0.3 is 12.8 Å². The van der Waals surface area contributed by atoms with Crippen LogP contribution in [0.3, 0.4) is 0 Å². The number of benzene rings is 1. The van der Waals surface area contributed by atoms with E-state index in [0.717, 1.165) is 0 Å². The number of Topliss-reactive ketones (excluding diaryl/α,β-unsaturated/α-hetero) is 1. The first-order chi connectivity index (χ1) is 9.04. The van der Waals surface area contributed by atoms with Crippen LogP contribution < -0.4 is 4.74 Å². The van der Waals surface area contributed by atoms with Gasteiger partial charge in [0.25, 0.3) is 6.43 Å². The largest absolute Gasteiger partial charge is 0.435 e. The molecule has 0 spiro atoms. The molecule has 0 radical (unpaired) electrons. The Hall–Kier alpha value is -1.80. The average Bonchev–Trinajstić information content (AvgIpc) is 2.25. The Morgan fingerprint density at radius 3 is 2.05 bits per heavy atom. The van der Waals surface area contributed by atoms with E-state index in [0.29, 0.717) is 13.0 Å². The normalized spacial score (nSPS) is 12.1. The molecule has 0 aromatic heterocycles. The number of carbonyl (C=O) groups is 1. The molecule has 0 unspecified atom stereocenters. The SMILES string of the molecule is CC(=O)c1c(C(F)F)cc(OC(F)F)cc1C(F)(F)F. The summed E-state index contributed by atoms with van der Waals surface area (Å²) in [6.45, 7) is -2.81. The summed E-state index contributed by atoms with van der Waals surface area (Å²) in [7, 11) is 0. The molecule has 2 nitrogen and oxygen atoms in total. The zero-order valence-electron chi connectivity index (χ0n) is 9.77. The molecule has 0 amide bonds. The monoisotopic (exact) mass is 304 g/mol. The Morgan fingerprint density at radius 1 is 1.15 bits per heavy atom. The maximum absolute atomic E-state index is 12.7. The number of alkyl halides is 7. The summed E-state index contributed by atoms with van der Waals surface area (Å²) >= 11 is 0. The molecule has 112 valence electrons. The number of ketones is 1. The van der Waals surface area contributed by atoms with Crippen LogP contribution in [0.1, 0.15) is 34.8 Å². The molecule has 0 atom stereocenters. The third-order valence-electron chi connectivity index (χ3n) is 2.26. The minimum Gasteiger partial charge on any atom is -0.435 e. The Kier molecular flexibility index (Phi) is 4.61. The van der Waals surface area contributed by atoms with E-state index in [-0.39, 0.29) is 6.07 Å². The van der Waals surface area contributed by atoms with Crippen LogP contribution in [0.5, 0.6) is 5.75 Å². The zero-order chi connectivity index (χ0) is 15.7. The van der Waals surface area contributed by atoms with Crippen molar-refractivity contribution in [3.8, 4) is 5.75 Å². The predicted octanol–water partition coefficient (Wildman–Crippen LogP) is 4.45. The quantitative estimate of drug-likeness (QED) is 0.607. The molecular formula is C11H7F7O2. The molecule has 1 aromatic carbocycles. The van der Waals surface area contributed by atoms with E-state index in [1.807, 2.05) is 0 Å². The van der Waals surface area contributed by atoms with Gasteiger partial charge < -0.3 is 4.74 Å². The van der Waals surface area contributed by atoms with Crippen molar-refractivity contribution in [2.24, 2.45) is 0 Å². The van der Waals surface area contributed by atoms with Crippen molar-refractivity contribution >= 4 is 5.78 Å². The van der Waals surface area contributed by atoms with E-state index in [1.54, 1.807) is 0 Å². The van der Waals surface area contributed by atoms with Gasteiger partial charge in [-0.3, -0.25) is 4.79 Å². The standard InChI is InChI=1S/C11H7F7O2/c1-4(19)8-6(9(12)13)2-5(20-10(14)15)3-7(8)11(16,17)18/h2-3,9-10H,1H3. The highest BCUT2D eigenvalue weighted by Crippen LogP contribution is 2.39. The second kappa shape index (κ2) is 5.68. The summed E-state index contributed by atoms with van der Waals surface area (Å²) in [6.07, 6.45) is -8.61. The van der Waals surface area contributed by atoms with Gasteiger partial charge in [0.15, 0.2) is 5.78 Å². The molecule has 0 fully saturated rings. The van der Waals surface area contributed by atoms with Crippen LogP contribution in [-0.4, -0.2) is 12.4 Å². The molecule has 0 bridgehead atoms. The molecule has 0 aliphatic carbocycles. The van der Waals surface area contributed by atoms with Crippen molar-refractivity contribution < 1.29 is 40.3 Å². The molecule has 1 aromatic rings. The highest BCUT2D eigenvalue weighted by Gasteiger charge is 2.38. The van der Waals surface area contributed by atoms with Crippen LogP contribution in [0.25, 0.3) is 0 Å². The number of ether oxygens (including phenoxy) is 1. The molecule has 1 rings (SSSR count). The Balaban J connectivity index is 3.60. The summed E-state index contributed by atoms with van der Waals surface area (Å²) in [5.74, 6) is -2.34. The van der Waals surface area contributed by atoms with Gasteiger partial charge in [-0.05, 0) is 19.1 Å². The maximum Gasteiger partial charge on any atom is 0.417 e. The van der Waals surface area contributed by atoms with Gasteiger partial charge in [0.05, 0.1) is 5.56 Å². The predicted molar refractivity (Wildman–Crippen MR) is 53.0 cm³/mol. The van der Waals surface area contributed by atoms with E-state index >= 15 is 0 Å². The van der Waals surface area contributed by atoms with E-state index in [9.17, 15) is 35.5 Å². The van der Waals surface area contributed by atoms with Crippen molar-refractivity contribution in [1.82, 2.24) is 0 Å². The maximum atomic E-state index is 12.7. The van der Waals surface area contributed by atoms with Crippen molar-refractivity contribution in [1.29, 1.82) is 0 Å². The zero-order valence-corrected chi connectivity index (χ0v) is 9.77. The lowest BCUT2D eigenvalue weighted by Crippen LogP contribution is -2.16. The fraction of sp³-hybridized carbons (Fsp3) is 0.364. The summed E-state index contributed by atoms with van der Waals surface area (Å²) in [5.41, 5.74) is -4.30. The second-order valence-electron chi connectivity index (χ2n) is 3.67. The van der Waals surface area contributed by atoms with Gasteiger partial charge in [0, 0.05) is 11.1 Å². The topological polar surface area (TPSA) is 26.3 Å². The fourth-order valence-corrected chi connectivity index (χ4v) is 1.60. The number of halogens is 7. The fourth-order valence-electron chi connectivity index (χ4n) is 1.60. The summed E-state index contributed by atoms with van der Waals surface area (Å²) < 4.78 is 91.3. The first-order valence-electron chi connectivity index (χ1n) is 5.03. The van der Waals surface area contributed by atoms with Gasteiger partial charge in [-0.15, -0.1) is 0 Å². The Morgan fingerprint density at radius 2 is 1.70 bits per heavy atom. The van der Waals surface area contributed by atoms with Gasteiger partial charge in [-0.25, -0.2) is 8.78 Å². The number of carbonyl (C=O) groups excluding carboxylic acids is 1. The Bertz CT molecular complexity index is 508. The molecule has 0 aliphatic heterocycles. The highest BCUT2D eigenvalue weighted by atomic mass is 19.4. The highest BCUT2D eigenvalue weighted by molar-refractivity contribution is 5.97. The number of hydrogen-bond donors (Lipinski definition) is 0. The van der Waals surface area contributed by atoms with Crippen LogP contribution in [0.2, 0.25) is 0 Å². The molecule has 9 heteroatoms. The van der Waals surface area contributed by atoms with E-state index in [1.165, 1.54) is 0 Å². The molecule has 0 aliphatic rings. The average molecular weight is 304 g/mol. The van der Waals surface area contributed by atoms with Crippen LogP contribution in [0.4, 0.5) is 30.7 Å². The van der Waals surface area contributed by atoms with Crippen molar-refractivity contribution in [3.05, 3.63) is 28.8 Å². The van der Waals surface area contributed by atoms with Gasteiger partial charge in [-0.2, -0.15) is 22.0 Å². The first kappa shape index (κ1) is 16.3. The number of rotatable bonds is 4. The summed E-state index contributed by atoms with van der Waals surface area (Å²) in [4.78, 5) is 11.1. The van der Waals surface area contributed by atoms with Gasteiger partial charge in [0.1, 0.15) is 5.75 Å². The lowest BCUT2D eigenvalue weighted by molar-refractivity contribution is -0.138. The molecular weight excluding hydrogens is 297 g/mol. The number of hydrogen-bond acceptors (Lipinski definition) is 2. The second-order valence-corrected chi connectivity index (χ2v) is 3.67. The lowest BCUT2D eigenvalue weighted by atomic mass is 9.97. The molecule has 20 heavy (non-hydrogen) atoms. The minimum atomic E-state index is -5.16. The Labute approximate surface area is 108 Å². The van der Waals surface area contributed by atoms with Crippen LogP contribution in [0, 0.1) is 0 Å². The lowest BCUT2D eigenvalue weighted by Gasteiger charge is -2.17. The van der Waals surface area contributed by atoms with E-state index < -0.39 is 47.4 Å². The van der Waals surface area contributed by atoms with Crippen molar-refractivity contribution in [3.63, 3.8) is 0 Å². The summed E-state index contributed by atoms with van der Waals surface area (Å²) in [6, 6.07) is 0.386. The molecule has 0 heterocycles. The minimum absolute atomic E-state index is 0.0920. The molecule has 0 saturated carbocycles. The van der Waals surface area contributed by atoms with E-state index in [4.69, 9.17) is 0 Å². The first-order valence-corrected chi connectivity index (χ1v) is 5.03. The molecule has 0 N–H and O–H groups in total. The van der Waals surface area contributed by atoms with Crippen LogP contribution >= 0.6 is 0 Å². The van der Waals surface area contributed by atoms with Crippen LogP contribution in [-0.2, 0) is 6.18 Å². The van der Waals surface area contributed by atoms with Crippen molar-refractivity contribution in [2.75, 3.05) is 0 Å². The smallest absolute Gasteiger partial charge is 0.417 e. The van der Waals surface area contributed by atoms with Crippen LogP contribution in [0.15, 0.2) is 12.1 Å². The van der Waals surface area contributed by atoms with Gasteiger partial charge in [0.2, 0.25) is 0 Å². The van der Waals surface area contributed by atoms with Gasteiger partial charge in [-0.1, -0.05) is 0 Å².